The summed E-state index contributed by atoms with van der Waals surface area (Å²) in [6, 6.07) is 5.15. The van der Waals surface area contributed by atoms with E-state index < -0.39 is 10.0 Å². The van der Waals surface area contributed by atoms with Crippen LogP contribution in [-0.4, -0.2) is 15.0 Å². The average molecular weight is 333 g/mol. The number of nitrogens with two attached hydrogens (primary N) is 1. The Balaban J connectivity index is 2.11. The van der Waals surface area contributed by atoms with E-state index in [2.05, 4.69) is 20.7 Å². The zero-order chi connectivity index (χ0) is 13.2. The van der Waals surface area contributed by atoms with Crippen LogP contribution in [0.4, 0.5) is 0 Å². The standard InChI is InChI=1S/C12H17BrN2O2S/c13-11-4-3-10(8-14)7-12(11)18(16,17)15-6-5-9-1-2-9/h3-4,7,9,15H,1-2,5-6,8,14H2. The van der Waals surface area contributed by atoms with Gasteiger partial charge in [0.05, 0.1) is 4.90 Å². The summed E-state index contributed by atoms with van der Waals surface area (Å²) in [4.78, 5) is 0.265. The third-order valence-electron chi connectivity index (χ3n) is 3.06. The minimum Gasteiger partial charge on any atom is -0.326 e. The molecule has 0 radical (unpaired) electrons. The van der Waals surface area contributed by atoms with Gasteiger partial charge in [0.15, 0.2) is 0 Å². The van der Waals surface area contributed by atoms with Crippen molar-refractivity contribution in [2.24, 2.45) is 11.7 Å². The van der Waals surface area contributed by atoms with Crippen molar-refractivity contribution in [3.63, 3.8) is 0 Å². The van der Waals surface area contributed by atoms with Crippen LogP contribution in [0.3, 0.4) is 0 Å². The van der Waals surface area contributed by atoms with Gasteiger partial charge in [-0.1, -0.05) is 18.9 Å². The Hall–Kier alpha value is -0.430. The third-order valence-corrected chi connectivity index (χ3v) is 5.52. The highest BCUT2D eigenvalue weighted by Gasteiger charge is 2.23. The first-order chi connectivity index (χ1) is 8.53. The molecule has 1 fully saturated rings. The quantitative estimate of drug-likeness (QED) is 0.836. The van der Waals surface area contributed by atoms with Crippen molar-refractivity contribution in [3.8, 4) is 0 Å². The van der Waals surface area contributed by atoms with E-state index in [1.807, 2.05) is 6.07 Å². The van der Waals surface area contributed by atoms with E-state index in [4.69, 9.17) is 5.73 Å². The van der Waals surface area contributed by atoms with Crippen molar-refractivity contribution in [2.75, 3.05) is 6.54 Å². The summed E-state index contributed by atoms with van der Waals surface area (Å²) in [6.45, 7) is 0.837. The predicted octanol–water partition coefficient (Wildman–Crippen LogP) is 1.99. The third kappa shape index (κ3) is 3.54. The predicted molar refractivity (Wildman–Crippen MR) is 74.6 cm³/mol. The number of hydrogen-bond donors (Lipinski definition) is 2. The Kier molecular flexibility index (Phi) is 4.42. The molecule has 0 saturated heterocycles. The minimum absolute atomic E-state index is 0.265. The fourth-order valence-corrected chi connectivity index (χ4v) is 3.82. The first-order valence-electron chi connectivity index (χ1n) is 6.01. The van der Waals surface area contributed by atoms with Gasteiger partial charge in [-0.3, -0.25) is 0 Å². The molecule has 100 valence electrons. The summed E-state index contributed by atoms with van der Waals surface area (Å²) in [6.07, 6.45) is 3.38. The summed E-state index contributed by atoms with van der Waals surface area (Å²) >= 11 is 3.27. The molecule has 0 heterocycles. The van der Waals surface area contributed by atoms with Crippen molar-refractivity contribution in [3.05, 3.63) is 28.2 Å². The van der Waals surface area contributed by atoms with Crippen LogP contribution >= 0.6 is 15.9 Å². The van der Waals surface area contributed by atoms with E-state index in [1.54, 1.807) is 12.1 Å². The first kappa shape index (κ1) is 14.0. The molecule has 4 nitrogen and oxygen atoms in total. The monoisotopic (exact) mass is 332 g/mol. The fourth-order valence-electron chi connectivity index (χ4n) is 1.76. The molecule has 1 aromatic rings. The Labute approximate surface area is 116 Å². The summed E-state index contributed by atoms with van der Waals surface area (Å²) in [5.74, 6) is 0.714. The highest BCUT2D eigenvalue weighted by Crippen LogP contribution is 2.32. The molecule has 0 aliphatic heterocycles. The lowest BCUT2D eigenvalue weighted by Gasteiger charge is -2.09. The molecule has 0 unspecified atom stereocenters. The zero-order valence-electron chi connectivity index (χ0n) is 10.0. The molecule has 1 aromatic carbocycles. The van der Waals surface area contributed by atoms with Crippen LogP contribution < -0.4 is 10.5 Å². The van der Waals surface area contributed by atoms with E-state index >= 15 is 0 Å². The van der Waals surface area contributed by atoms with Gasteiger partial charge in [0.1, 0.15) is 0 Å². The molecule has 1 saturated carbocycles. The van der Waals surface area contributed by atoms with E-state index in [0.29, 0.717) is 23.5 Å². The molecule has 1 aliphatic rings. The van der Waals surface area contributed by atoms with Crippen LogP contribution in [0.2, 0.25) is 0 Å². The molecule has 0 atom stereocenters. The zero-order valence-corrected chi connectivity index (χ0v) is 12.4. The van der Waals surface area contributed by atoms with Gasteiger partial charge in [-0.25, -0.2) is 13.1 Å². The highest BCUT2D eigenvalue weighted by atomic mass is 79.9. The van der Waals surface area contributed by atoms with Crippen LogP contribution in [0.1, 0.15) is 24.8 Å². The van der Waals surface area contributed by atoms with Crippen molar-refractivity contribution >= 4 is 26.0 Å². The summed E-state index contributed by atoms with van der Waals surface area (Å²) in [5, 5.41) is 0. The number of nitrogens with one attached hydrogen (secondary N) is 1. The molecular formula is C12H17BrN2O2S. The Morgan fingerprint density at radius 1 is 1.39 bits per heavy atom. The lowest BCUT2D eigenvalue weighted by Crippen LogP contribution is -2.25. The molecule has 0 aromatic heterocycles. The SMILES string of the molecule is NCc1ccc(Br)c(S(=O)(=O)NCCC2CC2)c1. The van der Waals surface area contributed by atoms with Crippen molar-refractivity contribution in [1.29, 1.82) is 0 Å². The van der Waals surface area contributed by atoms with Gasteiger partial charge in [0, 0.05) is 17.6 Å². The van der Waals surface area contributed by atoms with Crippen LogP contribution in [0.15, 0.2) is 27.6 Å². The average Bonchev–Trinajstić information content (AvgIpc) is 3.13. The van der Waals surface area contributed by atoms with E-state index in [9.17, 15) is 8.42 Å². The molecule has 6 heteroatoms. The largest absolute Gasteiger partial charge is 0.326 e. The summed E-state index contributed by atoms with van der Waals surface area (Å²) in [5.41, 5.74) is 6.34. The second-order valence-corrected chi connectivity index (χ2v) is 7.19. The summed E-state index contributed by atoms with van der Waals surface area (Å²) < 4.78 is 27.5. The van der Waals surface area contributed by atoms with Gasteiger partial charge >= 0.3 is 0 Å². The maximum Gasteiger partial charge on any atom is 0.241 e. The van der Waals surface area contributed by atoms with Gasteiger partial charge in [-0.2, -0.15) is 0 Å². The van der Waals surface area contributed by atoms with Gasteiger partial charge in [0.25, 0.3) is 0 Å². The number of halogens is 1. The van der Waals surface area contributed by atoms with Crippen molar-refractivity contribution in [2.45, 2.75) is 30.7 Å². The van der Waals surface area contributed by atoms with Crippen LogP contribution in [-0.2, 0) is 16.6 Å². The Morgan fingerprint density at radius 3 is 2.72 bits per heavy atom. The first-order valence-corrected chi connectivity index (χ1v) is 8.28. The van der Waals surface area contributed by atoms with Gasteiger partial charge < -0.3 is 5.73 Å². The minimum atomic E-state index is -3.44. The van der Waals surface area contributed by atoms with Gasteiger partial charge in [0.2, 0.25) is 10.0 Å². The second-order valence-electron chi connectivity index (χ2n) is 4.60. The molecule has 3 N–H and O–H groups in total. The highest BCUT2D eigenvalue weighted by molar-refractivity contribution is 9.10. The number of rotatable bonds is 6. The van der Waals surface area contributed by atoms with Crippen LogP contribution in [0.5, 0.6) is 0 Å². The lowest BCUT2D eigenvalue weighted by molar-refractivity contribution is 0.574. The molecule has 0 bridgehead atoms. The lowest BCUT2D eigenvalue weighted by atomic mass is 10.2. The summed E-state index contributed by atoms with van der Waals surface area (Å²) in [7, 11) is -3.44. The maximum absolute atomic E-state index is 12.1. The molecule has 0 spiro atoms. The van der Waals surface area contributed by atoms with Crippen LogP contribution in [0, 0.1) is 5.92 Å². The number of benzene rings is 1. The molecule has 1 aliphatic carbocycles. The Morgan fingerprint density at radius 2 is 2.11 bits per heavy atom. The second kappa shape index (κ2) is 5.69. The van der Waals surface area contributed by atoms with Gasteiger partial charge in [-0.05, 0) is 46.0 Å². The number of sulfonamides is 1. The van der Waals surface area contributed by atoms with E-state index in [-0.39, 0.29) is 4.90 Å². The van der Waals surface area contributed by atoms with Crippen LogP contribution in [0.25, 0.3) is 0 Å². The van der Waals surface area contributed by atoms with E-state index in [0.717, 1.165) is 12.0 Å². The number of hydrogen-bond acceptors (Lipinski definition) is 3. The topological polar surface area (TPSA) is 72.2 Å². The van der Waals surface area contributed by atoms with Gasteiger partial charge in [-0.15, -0.1) is 0 Å². The Bertz CT molecular complexity index is 527. The maximum atomic E-state index is 12.1. The van der Waals surface area contributed by atoms with Crippen molar-refractivity contribution < 1.29 is 8.42 Å². The molecular weight excluding hydrogens is 316 g/mol. The molecule has 18 heavy (non-hydrogen) atoms. The fraction of sp³-hybridized carbons (Fsp3) is 0.500. The molecule has 0 amide bonds. The van der Waals surface area contributed by atoms with E-state index in [1.165, 1.54) is 12.8 Å². The molecule has 2 rings (SSSR count). The van der Waals surface area contributed by atoms with Crippen molar-refractivity contribution in [1.82, 2.24) is 4.72 Å². The normalized spacial score (nSPS) is 15.9. The smallest absolute Gasteiger partial charge is 0.241 e.